The quantitative estimate of drug-likeness (QED) is 0.936. The molecule has 0 saturated carbocycles. The molecule has 0 fully saturated rings. The molecule has 0 atom stereocenters. The van der Waals surface area contributed by atoms with Crippen LogP contribution in [0.1, 0.15) is 16.7 Å². The number of benzene rings is 1. The van der Waals surface area contributed by atoms with Crippen LogP contribution < -0.4 is 0 Å². The van der Waals surface area contributed by atoms with E-state index in [4.69, 9.17) is 5.11 Å². The molecule has 106 valence electrons. The number of rotatable bonds is 4. The van der Waals surface area contributed by atoms with Crippen LogP contribution in [0.2, 0.25) is 0 Å². The van der Waals surface area contributed by atoms with Gasteiger partial charge in [0.15, 0.2) is 0 Å². The molecule has 1 N–H and O–H groups in total. The summed E-state index contributed by atoms with van der Waals surface area (Å²) in [6, 6.07) is 4.93. The lowest BCUT2D eigenvalue weighted by Gasteiger charge is -2.05. The minimum absolute atomic E-state index is 0.00371. The molecule has 2 rings (SSSR count). The van der Waals surface area contributed by atoms with Crippen LogP contribution in [-0.4, -0.2) is 21.5 Å². The molecule has 2 aromatic rings. The lowest BCUT2D eigenvalue weighted by atomic mass is 10.1. The van der Waals surface area contributed by atoms with Crippen LogP contribution in [0, 0.1) is 0 Å². The predicted octanol–water partition coefficient (Wildman–Crippen LogP) is 3.06. The van der Waals surface area contributed by atoms with Crippen molar-refractivity contribution in [2.75, 3.05) is 6.61 Å². The number of hydrogen-bond acceptors (Lipinski definition) is 2. The van der Waals surface area contributed by atoms with E-state index in [2.05, 4.69) is 5.10 Å². The summed E-state index contributed by atoms with van der Waals surface area (Å²) in [5.41, 5.74) is 0.830. The van der Waals surface area contributed by atoms with Gasteiger partial charge in [-0.05, 0) is 17.7 Å². The molecule has 0 radical (unpaired) electrons. The van der Waals surface area contributed by atoms with Crippen molar-refractivity contribution >= 4 is 12.2 Å². The molecular formula is C14H13F3N2O. The van der Waals surface area contributed by atoms with E-state index in [0.717, 1.165) is 17.7 Å². The van der Waals surface area contributed by atoms with Gasteiger partial charge in [0.05, 0.1) is 24.9 Å². The minimum Gasteiger partial charge on any atom is -0.394 e. The third-order valence-corrected chi connectivity index (χ3v) is 2.69. The number of aliphatic hydroxyl groups is 1. The van der Waals surface area contributed by atoms with Crippen LogP contribution in [-0.2, 0) is 12.7 Å². The van der Waals surface area contributed by atoms with Gasteiger partial charge in [-0.2, -0.15) is 18.3 Å². The molecule has 0 aliphatic carbocycles. The third kappa shape index (κ3) is 3.71. The van der Waals surface area contributed by atoms with E-state index in [9.17, 15) is 13.2 Å². The number of aliphatic hydroxyl groups excluding tert-OH is 1. The Labute approximate surface area is 114 Å². The van der Waals surface area contributed by atoms with E-state index in [0.29, 0.717) is 12.1 Å². The van der Waals surface area contributed by atoms with E-state index in [-0.39, 0.29) is 6.61 Å². The molecule has 0 aliphatic rings. The van der Waals surface area contributed by atoms with E-state index < -0.39 is 11.7 Å². The maximum Gasteiger partial charge on any atom is 0.416 e. The second-order valence-corrected chi connectivity index (χ2v) is 4.21. The van der Waals surface area contributed by atoms with Crippen LogP contribution in [0.5, 0.6) is 0 Å². The van der Waals surface area contributed by atoms with Gasteiger partial charge in [0.1, 0.15) is 0 Å². The fourth-order valence-electron chi connectivity index (χ4n) is 1.67. The van der Waals surface area contributed by atoms with Gasteiger partial charge in [0.25, 0.3) is 0 Å². The average Bonchev–Trinajstić information content (AvgIpc) is 2.84. The van der Waals surface area contributed by atoms with E-state index >= 15 is 0 Å². The van der Waals surface area contributed by atoms with Crippen molar-refractivity contribution in [1.29, 1.82) is 0 Å². The van der Waals surface area contributed by atoms with Crippen LogP contribution in [0.4, 0.5) is 13.2 Å². The first-order valence-corrected chi connectivity index (χ1v) is 5.98. The number of nitrogens with zero attached hydrogens (tertiary/aromatic N) is 2. The Balaban J connectivity index is 2.07. The highest BCUT2D eigenvalue weighted by molar-refractivity contribution is 5.69. The number of alkyl halides is 3. The largest absolute Gasteiger partial charge is 0.416 e. The zero-order valence-electron chi connectivity index (χ0n) is 10.5. The summed E-state index contributed by atoms with van der Waals surface area (Å²) < 4.78 is 38.8. The first-order chi connectivity index (χ1) is 9.49. The van der Waals surface area contributed by atoms with Crippen LogP contribution in [0.25, 0.3) is 12.2 Å². The smallest absolute Gasteiger partial charge is 0.394 e. The number of hydrogen-bond donors (Lipinski definition) is 1. The fourth-order valence-corrected chi connectivity index (χ4v) is 1.67. The summed E-state index contributed by atoms with van der Waals surface area (Å²) in [4.78, 5) is 0. The topological polar surface area (TPSA) is 38.0 Å². The van der Waals surface area contributed by atoms with Gasteiger partial charge in [-0.25, -0.2) is 0 Å². The van der Waals surface area contributed by atoms with Crippen molar-refractivity contribution in [3.8, 4) is 0 Å². The van der Waals surface area contributed by atoms with Crippen LogP contribution in [0.15, 0.2) is 36.7 Å². The van der Waals surface area contributed by atoms with Crippen LogP contribution >= 0.6 is 0 Å². The molecule has 0 unspecified atom stereocenters. The summed E-state index contributed by atoms with van der Waals surface area (Å²) in [7, 11) is 0. The second-order valence-electron chi connectivity index (χ2n) is 4.21. The van der Waals surface area contributed by atoms with Gasteiger partial charge in [0, 0.05) is 11.8 Å². The molecule has 1 heterocycles. The van der Waals surface area contributed by atoms with Gasteiger partial charge in [-0.3, -0.25) is 4.68 Å². The van der Waals surface area contributed by atoms with Gasteiger partial charge in [0.2, 0.25) is 0 Å². The lowest BCUT2D eigenvalue weighted by Crippen LogP contribution is -2.03. The molecule has 0 bridgehead atoms. The van der Waals surface area contributed by atoms with Gasteiger partial charge < -0.3 is 5.11 Å². The van der Waals surface area contributed by atoms with Crippen molar-refractivity contribution in [3.05, 3.63) is 53.3 Å². The molecule has 0 aliphatic heterocycles. The molecule has 1 aromatic heterocycles. The first-order valence-electron chi connectivity index (χ1n) is 5.98. The summed E-state index contributed by atoms with van der Waals surface area (Å²) >= 11 is 0. The average molecular weight is 282 g/mol. The number of aromatic nitrogens is 2. The molecule has 6 heteroatoms. The maximum absolute atomic E-state index is 12.4. The Morgan fingerprint density at radius 3 is 2.35 bits per heavy atom. The molecule has 1 aromatic carbocycles. The van der Waals surface area contributed by atoms with Gasteiger partial charge in [-0.15, -0.1) is 0 Å². The van der Waals surface area contributed by atoms with Crippen molar-refractivity contribution in [1.82, 2.24) is 9.78 Å². The minimum atomic E-state index is -4.31. The normalized spacial score (nSPS) is 12.2. The SMILES string of the molecule is OCCn1cc(/C=C/c2ccc(C(F)(F)F)cc2)cn1. The predicted molar refractivity (Wildman–Crippen MR) is 69.7 cm³/mol. The maximum atomic E-state index is 12.4. The van der Waals surface area contributed by atoms with Crippen LogP contribution in [0.3, 0.4) is 0 Å². The Morgan fingerprint density at radius 2 is 1.75 bits per heavy atom. The second kappa shape index (κ2) is 5.92. The third-order valence-electron chi connectivity index (χ3n) is 2.69. The zero-order valence-corrected chi connectivity index (χ0v) is 10.5. The molecule has 0 saturated heterocycles. The highest BCUT2D eigenvalue weighted by Gasteiger charge is 2.29. The summed E-state index contributed by atoms with van der Waals surface area (Å²) in [5.74, 6) is 0. The highest BCUT2D eigenvalue weighted by atomic mass is 19.4. The van der Waals surface area contributed by atoms with E-state index in [1.54, 1.807) is 29.2 Å². The Hall–Kier alpha value is -2.08. The lowest BCUT2D eigenvalue weighted by molar-refractivity contribution is -0.137. The van der Waals surface area contributed by atoms with Gasteiger partial charge >= 0.3 is 6.18 Å². The van der Waals surface area contributed by atoms with Crippen molar-refractivity contribution < 1.29 is 18.3 Å². The molecule has 0 amide bonds. The molecule has 0 spiro atoms. The standard InChI is InChI=1S/C14H13F3N2O/c15-14(16,17)13-5-3-11(4-6-13)1-2-12-9-18-19(10-12)7-8-20/h1-6,9-10,20H,7-8H2/b2-1+. The highest BCUT2D eigenvalue weighted by Crippen LogP contribution is 2.29. The molecule has 3 nitrogen and oxygen atoms in total. The van der Waals surface area contributed by atoms with E-state index in [1.807, 2.05) is 0 Å². The summed E-state index contributed by atoms with van der Waals surface area (Å²) in [5, 5.41) is 12.8. The number of halogens is 3. The Bertz CT molecular complexity index is 585. The zero-order chi connectivity index (χ0) is 14.6. The monoisotopic (exact) mass is 282 g/mol. The first kappa shape index (κ1) is 14.3. The Kier molecular flexibility index (Phi) is 4.24. The van der Waals surface area contributed by atoms with Crippen molar-refractivity contribution in [2.24, 2.45) is 0 Å². The van der Waals surface area contributed by atoms with E-state index in [1.165, 1.54) is 12.1 Å². The molecule has 20 heavy (non-hydrogen) atoms. The molecular weight excluding hydrogens is 269 g/mol. The summed E-state index contributed by atoms with van der Waals surface area (Å²) in [6.07, 6.45) is 2.52. The fraction of sp³-hybridized carbons (Fsp3) is 0.214. The van der Waals surface area contributed by atoms with Crippen molar-refractivity contribution in [3.63, 3.8) is 0 Å². The van der Waals surface area contributed by atoms with Gasteiger partial charge in [-0.1, -0.05) is 24.3 Å². The summed E-state index contributed by atoms with van der Waals surface area (Å²) in [6.45, 7) is 0.415. The Morgan fingerprint density at radius 1 is 1.10 bits per heavy atom. The van der Waals surface area contributed by atoms with Crippen molar-refractivity contribution in [2.45, 2.75) is 12.7 Å².